The molecule has 0 amide bonds. The first kappa shape index (κ1) is 12.8. The van der Waals surface area contributed by atoms with E-state index < -0.39 is 11.4 Å². The van der Waals surface area contributed by atoms with Crippen LogP contribution in [0.15, 0.2) is 6.07 Å². The summed E-state index contributed by atoms with van der Waals surface area (Å²) in [4.78, 5) is 11.3. The molecule has 1 aliphatic carbocycles. The monoisotopic (exact) mass is 276 g/mol. The van der Waals surface area contributed by atoms with Crippen molar-refractivity contribution >= 4 is 5.97 Å². The fourth-order valence-corrected chi connectivity index (χ4v) is 2.28. The summed E-state index contributed by atoms with van der Waals surface area (Å²) in [7, 11) is 1.83. The van der Waals surface area contributed by atoms with E-state index in [4.69, 9.17) is 0 Å². The molecule has 8 heteroatoms. The van der Waals surface area contributed by atoms with Crippen LogP contribution in [-0.4, -0.2) is 41.1 Å². The van der Waals surface area contributed by atoms with Crippen molar-refractivity contribution in [3.8, 4) is 11.5 Å². The van der Waals surface area contributed by atoms with Gasteiger partial charge in [0.15, 0.2) is 5.82 Å². The highest BCUT2D eigenvalue weighted by Gasteiger charge is 2.51. The van der Waals surface area contributed by atoms with Crippen LogP contribution in [0.1, 0.15) is 25.5 Å². The van der Waals surface area contributed by atoms with Gasteiger partial charge in [-0.15, -0.1) is 5.10 Å². The van der Waals surface area contributed by atoms with Crippen molar-refractivity contribution in [2.75, 3.05) is 0 Å². The molecule has 20 heavy (non-hydrogen) atoms. The lowest BCUT2D eigenvalue weighted by atomic mass is 10.1. The molecule has 0 aliphatic heterocycles. The van der Waals surface area contributed by atoms with Crippen LogP contribution in [0.5, 0.6) is 0 Å². The minimum atomic E-state index is -0.779. The van der Waals surface area contributed by atoms with E-state index in [0.29, 0.717) is 25.2 Å². The highest BCUT2D eigenvalue weighted by Crippen LogP contribution is 2.47. The van der Waals surface area contributed by atoms with Crippen molar-refractivity contribution in [1.82, 2.24) is 30.0 Å². The summed E-state index contributed by atoms with van der Waals surface area (Å²) in [6, 6.07) is 1.93. The molecule has 2 aromatic heterocycles. The van der Waals surface area contributed by atoms with Gasteiger partial charge in [-0.2, -0.15) is 5.10 Å². The molecule has 0 saturated heterocycles. The molecule has 0 aromatic carbocycles. The molecule has 1 fully saturated rings. The van der Waals surface area contributed by atoms with Gasteiger partial charge in [0, 0.05) is 7.05 Å². The summed E-state index contributed by atoms with van der Waals surface area (Å²) in [6.07, 6.45) is 2.18. The van der Waals surface area contributed by atoms with E-state index >= 15 is 0 Å². The molecule has 1 N–H and O–H groups in total. The predicted octanol–water partition coefficient (Wildman–Crippen LogP) is 0.501. The Bertz CT molecular complexity index is 655. The number of carboxylic acid groups (broad SMARTS) is 1. The standard InChI is InChI=1S/C12H16N6O2/c1-3-8-6-9(17(2)14-8)10-13-15-16-18(10)7-12(4-5-12)11(19)20/h6H,3-5,7H2,1-2H3,(H,19,20). The highest BCUT2D eigenvalue weighted by atomic mass is 16.4. The molecule has 1 saturated carbocycles. The average Bonchev–Trinajstić information content (AvgIpc) is 2.90. The summed E-state index contributed by atoms with van der Waals surface area (Å²) >= 11 is 0. The first-order chi connectivity index (χ1) is 9.55. The number of hydrogen-bond acceptors (Lipinski definition) is 5. The fourth-order valence-electron chi connectivity index (χ4n) is 2.28. The average molecular weight is 276 g/mol. The quantitative estimate of drug-likeness (QED) is 0.853. The second-order valence-corrected chi connectivity index (χ2v) is 5.24. The Hall–Kier alpha value is -2.25. The largest absolute Gasteiger partial charge is 0.481 e. The van der Waals surface area contributed by atoms with Crippen LogP contribution in [0.4, 0.5) is 0 Å². The van der Waals surface area contributed by atoms with E-state index in [1.807, 2.05) is 20.0 Å². The summed E-state index contributed by atoms with van der Waals surface area (Å²) < 4.78 is 3.29. The van der Waals surface area contributed by atoms with E-state index in [1.54, 1.807) is 9.36 Å². The second-order valence-electron chi connectivity index (χ2n) is 5.24. The van der Waals surface area contributed by atoms with Crippen molar-refractivity contribution in [3.05, 3.63) is 11.8 Å². The van der Waals surface area contributed by atoms with Gasteiger partial charge in [0.05, 0.1) is 17.7 Å². The minimum absolute atomic E-state index is 0.303. The number of rotatable bonds is 5. The van der Waals surface area contributed by atoms with Crippen LogP contribution in [0.25, 0.3) is 11.5 Å². The van der Waals surface area contributed by atoms with E-state index in [0.717, 1.165) is 17.8 Å². The summed E-state index contributed by atoms with van der Waals surface area (Å²) in [5.41, 5.74) is 1.06. The third-order valence-electron chi connectivity index (χ3n) is 3.81. The van der Waals surface area contributed by atoms with Gasteiger partial charge in [0.2, 0.25) is 0 Å². The van der Waals surface area contributed by atoms with Gasteiger partial charge < -0.3 is 5.11 Å². The van der Waals surface area contributed by atoms with Crippen LogP contribution in [0.3, 0.4) is 0 Å². The first-order valence-electron chi connectivity index (χ1n) is 6.58. The lowest BCUT2D eigenvalue weighted by molar-refractivity contribution is -0.144. The Morgan fingerprint density at radius 1 is 1.50 bits per heavy atom. The van der Waals surface area contributed by atoms with Crippen molar-refractivity contribution in [3.63, 3.8) is 0 Å². The van der Waals surface area contributed by atoms with Gasteiger partial charge in [-0.05, 0) is 35.8 Å². The van der Waals surface area contributed by atoms with Crippen LogP contribution >= 0.6 is 0 Å². The summed E-state index contributed by atoms with van der Waals surface area (Å²) in [5.74, 6) is -0.217. The van der Waals surface area contributed by atoms with Crippen LogP contribution in [0, 0.1) is 5.41 Å². The molecule has 0 spiro atoms. The lowest BCUT2D eigenvalue weighted by Gasteiger charge is -2.10. The van der Waals surface area contributed by atoms with Crippen molar-refractivity contribution in [2.45, 2.75) is 32.7 Å². The number of aryl methyl sites for hydroxylation is 2. The molecule has 2 aromatic rings. The smallest absolute Gasteiger partial charge is 0.311 e. The lowest BCUT2D eigenvalue weighted by Crippen LogP contribution is -2.23. The maximum atomic E-state index is 11.3. The normalized spacial score (nSPS) is 16.3. The molecular formula is C12H16N6O2. The van der Waals surface area contributed by atoms with Crippen LogP contribution in [0.2, 0.25) is 0 Å². The number of aromatic nitrogens is 6. The van der Waals surface area contributed by atoms with Gasteiger partial charge in [-0.25, -0.2) is 4.68 Å². The van der Waals surface area contributed by atoms with E-state index in [2.05, 4.69) is 20.6 Å². The Morgan fingerprint density at radius 2 is 2.25 bits per heavy atom. The molecule has 8 nitrogen and oxygen atoms in total. The Labute approximate surface area is 115 Å². The van der Waals surface area contributed by atoms with Crippen LogP contribution in [-0.2, 0) is 24.8 Å². The molecule has 0 radical (unpaired) electrons. The molecule has 1 aliphatic rings. The van der Waals surface area contributed by atoms with Gasteiger partial charge in [0.25, 0.3) is 0 Å². The SMILES string of the molecule is CCc1cc(-c2nnnn2CC2(C(=O)O)CC2)n(C)n1. The van der Waals surface area contributed by atoms with Gasteiger partial charge in [0.1, 0.15) is 5.69 Å². The number of carboxylic acids is 1. The number of carbonyl (C=O) groups is 1. The fraction of sp³-hybridized carbons (Fsp3) is 0.583. The topological polar surface area (TPSA) is 98.7 Å². The Balaban J connectivity index is 1.94. The maximum absolute atomic E-state index is 11.3. The molecular weight excluding hydrogens is 260 g/mol. The van der Waals surface area contributed by atoms with E-state index in [1.165, 1.54) is 0 Å². The Morgan fingerprint density at radius 3 is 2.80 bits per heavy atom. The molecule has 0 atom stereocenters. The maximum Gasteiger partial charge on any atom is 0.311 e. The number of aliphatic carboxylic acids is 1. The number of tetrazole rings is 1. The highest BCUT2D eigenvalue weighted by molar-refractivity contribution is 5.77. The third-order valence-corrected chi connectivity index (χ3v) is 3.81. The molecule has 0 bridgehead atoms. The zero-order valence-electron chi connectivity index (χ0n) is 11.4. The van der Waals surface area contributed by atoms with Gasteiger partial charge >= 0.3 is 5.97 Å². The zero-order chi connectivity index (χ0) is 14.3. The van der Waals surface area contributed by atoms with Crippen molar-refractivity contribution in [1.29, 1.82) is 0 Å². The second kappa shape index (κ2) is 4.39. The Kier molecular flexibility index (Phi) is 2.81. The minimum Gasteiger partial charge on any atom is -0.481 e. The third kappa shape index (κ3) is 1.97. The zero-order valence-corrected chi connectivity index (χ0v) is 11.4. The molecule has 106 valence electrons. The first-order valence-corrected chi connectivity index (χ1v) is 6.58. The summed E-state index contributed by atoms with van der Waals surface area (Å²) in [5, 5.41) is 25.2. The van der Waals surface area contributed by atoms with Crippen molar-refractivity contribution < 1.29 is 9.90 Å². The molecule has 2 heterocycles. The van der Waals surface area contributed by atoms with Crippen LogP contribution < -0.4 is 0 Å². The van der Waals surface area contributed by atoms with Crippen molar-refractivity contribution in [2.24, 2.45) is 12.5 Å². The van der Waals surface area contributed by atoms with E-state index in [-0.39, 0.29) is 0 Å². The van der Waals surface area contributed by atoms with E-state index in [9.17, 15) is 9.90 Å². The molecule has 3 rings (SSSR count). The predicted molar refractivity (Wildman–Crippen MR) is 68.7 cm³/mol. The van der Waals surface area contributed by atoms with Gasteiger partial charge in [-0.1, -0.05) is 6.92 Å². The molecule has 0 unspecified atom stereocenters. The van der Waals surface area contributed by atoms with Gasteiger partial charge in [-0.3, -0.25) is 9.48 Å². The number of nitrogens with zero attached hydrogens (tertiary/aromatic N) is 6. The number of hydrogen-bond donors (Lipinski definition) is 1. The summed E-state index contributed by atoms with van der Waals surface area (Å²) in [6.45, 7) is 2.33.